The molecule has 0 saturated heterocycles. The van der Waals surface area contributed by atoms with Gasteiger partial charge in [0.1, 0.15) is 6.61 Å². The van der Waals surface area contributed by atoms with E-state index in [1.165, 1.54) is 64.7 Å². The van der Waals surface area contributed by atoms with Crippen molar-refractivity contribution < 1.29 is 118 Å². The first-order valence-electron chi connectivity index (χ1n) is 14.8. The summed E-state index contributed by atoms with van der Waals surface area (Å²) < 4.78 is 25.0. The minimum absolute atomic E-state index is 0. The van der Waals surface area contributed by atoms with Crippen LogP contribution in [-0.4, -0.2) is 37.2 Å². The summed E-state index contributed by atoms with van der Waals surface area (Å²) in [6.45, 7) is 2.19. The first-order chi connectivity index (χ1) is 21.5. The van der Waals surface area contributed by atoms with E-state index in [9.17, 15) is 28.7 Å². The monoisotopic (exact) mass is 707 g/mol. The number of rotatable bonds is 20. The predicted molar refractivity (Wildman–Crippen MR) is 191 cm³/mol. The number of carbonyl (C=O) groups excluding carboxylic acids is 3. The number of phosphoric acid groups is 1. The van der Waals surface area contributed by atoms with Crippen molar-refractivity contribution in [1.29, 1.82) is 0 Å². The number of hydrogen-bond acceptors (Lipinski definition) is 9. The number of primary amides is 1. The van der Waals surface area contributed by atoms with E-state index in [-0.39, 0.29) is 87.1 Å². The molecular weight excluding hydrogens is 643 g/mol. The average Bonchev–Trinajstić information content (AvgIpc) is 2.97. The molecule has 0 spiro atoms. The van der Waals surface area contributed by atoms with Gasteiger partial charge in [-0.25, -0.2) is 4.79 Å². The summed E-state index contributed by atoms with van der Waals surface area (Å²) in [7, 11) is -5.32. The molecule has 0 aliphatic heterocycles. The van der Waals surface area contributed by atoms with Gasteiger partial charge in [0, 0.05) is 35.0 Å². The minimum Gasteiger partial charge on any atom is -0.790 e. The fraction of sp³-hybridized carbons (Fsp3) is 0.559. The number of ether oxygens (including phenoxy) is 2. The van der Waals surface area contributed by atoms with Gasteiger partial charge in [-0.05, 0) is 65.6 Å². The topological polar surface area (TPSA) is 168 Å². The van der Waals surface area contributed by atoms with Gasteiger partial charge in [0.2, 0.25) is 5.91 Å². The molecule has 10 nitrogen and oxygen atoms in total. The number of hydrogen-bond donors (Lipinski definition) is 1. The van der Waals surface area contributed by atoms with E-state index in [0.29, 0.717) is 6.42 Å². The van der Waals surface area contributed by atoms with Gasteiger partial charge in [-0.15, -0.1) is 6.42 Å². The van der Waals surface area contributed by atoms with Crippen molar-refractivity contribution in [3.8, 4) is 71.5 Å². The van der Waals surface area contributed by atoms with E-state index in [1.807, 2.05) is 0 Å². The largest absolute Gasteiger partial charge is 1.00 e. The molecule has 0 bridgehead atoms. The second-order valence-electron chi connectivity index (χ2n) is 9.45. The Labute approximate surface area is 341 Å². The number of nitrogens with two attached hydrogens (primary N) is 1. The van der Waals surface area contributed by atoms with E-state index in [1.54, 1.807) is 0 Å². The quantitative estimate of drug-likeness (QED) is 0.0443. The van der Waals surface area contributed by atoms with Crippen LogP contribution in [0.2, 0.25) is 0 Å². The van der Waals surface area contributed by atoms with Gasteiger partial charge < -0.3 is 34.1 Å². The Hall–Kier alpha value is -2.12. The fourth-order valence-corrected chi connectivity index (χ4v) is 3.71. The number of unbranched alkanes of at least 4 members (excludes halogenated alkanes) is 12. The molecular formula is C34H64NNa2O9P. The Balaban J connectivity index is -0.0000000797. The normalized spacial score (nSPS) is 9.43. The molecule has 1 amide bonds. The van der Waals surface area contributed by atoms with Crippen LogP contribution in [0.25, 0.3) is 0 Å². The van der Waals surface area contributed by atoms with E-state index < -0.39 is 39.1 Å². The van der Waals surface area contributed by atoms with Gasteiger partial charge in [0.05, 0.1) is 14.4 Å². The molecule has 0 radical (unpaired) electrons. The maximum Gasteiger partial charge on any atom is 1.00 e. The molecule has 0 fully saturated rings. The third-order valence-electron chi connectivity index (χ3n) is 5.34. The van der Waals surface area contributed by atoms with Gasteiger partial charge in [-0.3, -0.25) is 9.59 Å². The van der Waals surface area contributed by atoms with Crippen molar-refractivity contribution in [3.63, 3.8) is 0 Å². The van der Waals surface area contributed by atoms with Crippen molar-refractivity contribution in [3.05, 3.63) is 0 Å². The van der Waals surface area contributed by atoms with Crippen LogP contribution in [0.4, 0.5) is 0 Å². The molecule has 0 rings (SSSR count). The number of amides is 1. The predicted octanol–water partition coefficient (Wildman–Crippen LogP) is -0.376. The Morgan fingerprint density at radius 1 is 0.745 bits per heavy atom. The molecule has 0 aliphatic rings. The zero-order chi connectivity index (χ0) is 34.0. The molecule has 266 valence electrons. The first kappa shape index (κ1) is 51.7. The van der Waals surface area contributed by atoms with Crippen LogP contribution >= 0.6 is 7.82 Å². The summed E-state index contributed by atoms with van der Waals surface area (Å²) >= 11 is 0. The smallest absolute Gasteiger partial charge is 0.790 e. The summed E-state index contributed by atoms with van der Waals surface area (Å²) in [5.74, 6) is 23.2. The zero-order valence-electron chi connectivity index (χ0n) is 28.2. The molecule has 47 heavy (non-hydrogen) atoms. The number of phosphoric ester groups is 1. The van der Waals surface area contributed by atoms with Gasteiger partial charge in [0.15, 0.2) is 6.10 Å². The molecule has 0 saturated carbocycles. The standard InChI is InChI=1S/C32H39O8P.C2H5NO.2Na.11H2/c1-3-5-7-9-11-13-15-16-17-19-21-23-25-27-32(34)40-30(29-39-41(35,36)37)28-38-31(33)26-24-22-20-18-14-12-10-8-6-4-2;1-2(3)4;;;;;;;;;;;;;/h2,30H,3,5,7,9,11,13,15-17,19,21,23,25,27-29H2,1H3,(H2,35,36,37);1H3,(H2,3,4);;;11*1H/q;;2*+1;;;;;;;;;;;/p-2/t30-;;;;;;;;;;;;;;/m1............../s1. The summed E-state index contributed by atoms with van der Waals surface area (Å²) in [5, 5.41) is 0. The molecule has 0 aromatic heterocycles. The Morgan fingerprint density at radius 3 is 1.57 bits per heavy atom. The second-order valence-corrected chi connectivity index (χ2v) is 10.6. The van der Waals surface area contributed by atoms with E-state index in [4.69, 9.17) is 15.9 Å². The molecule has 13 heteroatoms. The van der Waals surface area contributed by atoms with Gasteiger partial charge in [-0.2, -0.15) is 0 Å². The maximum atomic E-state index is 12.2. The Bertz CT molecular complexity index is 1330. The zero-order valence-corrected chi connectivity index (χ0v) is 33.1. The van der Waals surface area contributed by atoms with Crippen LogP contribution in [0.3, 0.4) is 0 Å². The summed E-state index contributed by atoms with van der Waals surface area (Å²) in [4.78, 5) is 54.8. The Kier molecular flexibility index (Phi) is 42.2. The summed E-state index contributed by atoms with van der Waals surface area (Å²) in [6, 6.07) is 0. The third-order valence-corrected chi connectivity index (χ3v) is 5.80. The molecule has 0 heterocycles. The first-order valence-corrected chi connectivity index (χ1v) is 16.2. The number of esters is 2. The SMILES string of the molecule is C#CC#CC#CC#CC#CC#CC(=O)OC[C@H](COP(=O)([O-])[O-])OC(=O)CCCCCCCCCCCCCCC.CC(N)=O.[HH].[HH].[HH].[HH].[HH].[HH].[HH].[HH].[HH].[HH].[HH].[Na+].[Na+]. The molecule has 0 aromatic rings. The second kappa shape index (κ2) is 38.3. The van der Waals surface area contributed by atoms with Crippen molar-refractivity contribution in [1.82, 2.24) is 0 Å². The van der Waals surface area contributed by atoms with E-state index in [0.717, 1.165) is 19.3 Å². The number of carbonyl (C=O) groups is 3. The van der Waals surface area contributed by atoms with Crippen molar-refractivity contribution in [2.75, 3.05) is 13.2 Å². The van der Waals surface area contributed by atoms with Crippen molar-refractivity contribution in [2.24, 2.45) is 5.73 Å². The van der Waals surface area contributed by atoms with Gasteiger partial charge in [-0.1, -0.05) is 84.0 Å². The molecule has 0 unspecified atom stereocenters. The van der Waals surface area contributed by atoms with Crippen LogP contribution in [-0.2, 0) is 32.9 Å². The van der Waals surface area contributed by atoms with Crippen LogP contribution in [0.1, 0.15) is 119 Å². The van der Waals surface area contributed by atoms with E-state index >= 15 is 0 Å². The number of terminal acetylenes is 1. The van der Waals surface area contributed by atoms with Gasteiger partial charge in [0.25, 0.3) is 0 Å². The van der Waals surface area contributed by atoms with Crippen molar-refractivity contribution >= 4 is 25.7 Å². The molecule has 2 N–H and O–H groups in total. The average molecular weight is 708 g/mol. The summed E-state index contributed by atoms with van der Waals surface area (Å²) in [6.07, 6.45) is 18.8. The minimum atomic E-state index is -5.32. The Morgan fingerprint density at radius 2 is 1.15 bits per heavy atom. The van der Waals surface area contributed by atoms with Crippen LogP contribution in [0.5, 0.6) is 0 Å². The summed E-state index contributed by atoms with van der Waals surface area (Å²) in [5.41, 5.74) is 4.47. The third kappa shape index (κ3) is 48.4. The van der Waals surface area contributed by atoms with Crippen molar-refractivity contribution in [2.45, 2.75) is 110 Å². The van der Waals surface area contributed by atoms with Gasteiger partial charge >= 0.3 is 71.1 Å². The fourth-order valence-electron chi connectivity index (χ4n) is 3.36. The van der Waals surface area contributed by atoms with Crippen LogP contribution in [0.15, 0.2) is 0 Å². The van der Waals surface area contributed by atoms with E-state index in [2.05, 4.69) is 82.3 Å². The maximum absolute atomic E-state index is 12.2. The molecule has 0 aliphatic carbocycles. The van der Waals surface area contributed by atoms with Crippen LogP contribution < -0.4 is 74.6 Å². The molecule has 1 atom stereocenters. The van der Waals surface area contributed by atoms with Crippen LogP contribution in [0, 0.1) is 71.5 Å². The molecule has 0 aromatic carbocycles.